The molecular formula is C52H34F3N5. The molecule has 8 heteroatoms. The fourth-order valence-electron chi connectivity index (χ4n) is 7.87. The number of rotatable bonds is 7. The number of fused-ring (bicyclic) bond motifs is 3. The molecular weight excluding hydrogens is 752 g/mol. The summed E-state index contributed by atoms with van der Waals surface area (Å²) in [7, 11) is 0. The van der Waals surface area contributed by atoms with Gasteiger partial charge >= 0.3 is 6.18 Å². The normalized spacial score (nSPS) is 11.7. The Kier molecular flexibility index (Phi) is 9.10. The first-order valence-electron chi connectivity index (χ1n) is 19.5. The van der Waals surface area contributed by atoms with Crippen LogP contribution in [0.3, 0.4) is 0 Å². The van der Waals surface area contributed by atoms with E-state index in [1.165, 1.54) is 12.1 Å². The highest BCUT2D eigenvalue weighted by Gasteiger charge is 2.35. The average molecular weight is 786 g/mol. The summed E-state index contributed by atoms with van der Waals surface area (Å²) in [5, 5.41) is 1.90. The van der Waals surface area contributed by atoms with Crippen molar-refractivity contribution < 1.29 is 13.2 Å². The Morgan fingerprint density at radius 2 is 0.850 bits per heavy atom. The number of hydrogen-bond acceptors (Lipinski definition) is 4. The van der Waals surface area contributed by atoms with E-state index >= 15 is 13.2 Å². The molecule has 288 valence electrons. The predicted molar refractivity (Wildman–Crippen MR) is 234 cm³/mol. The molecule has 0 saturated carbocycles. The van der Waals surface area contributed by atoms with Crippen LogP contribution in [0.25, 0.3) is 95.3 Å². The third-order valence-corrected chi connectivity index (χ3v) is 10.7. The minimum absolute atomic E-state index is 0.136. The van der Waals surface area contributed by atoms with Crippen molar-refractivity contribution in [1.82, 2.24) is 24.5 Å². The Labute approximate surface area is 344 Å². The average Bonchev–Trinajstić information content (AvgIpc) is 3.62. The molecule has 10 rings (SSSR count). The number of nitrogens with zero attached hydrogens (tertiary/aromatic N) is 5. The quantitative estimate of drug-likeness (QED) is 0.161. The van der Waals surface area contributed by atoms with Gasteiger partial charge in [0.05, 0.1) is 45.1 Å². The number of halogens is 3. The summed E-state index contributed by atoms with van der Waals surface area (Å²) in [5.74, 6) is 0.514. The van der Waals surface area contributed by atoms with E-state index in [0.717, 1.165) is 49.6 Å². The van der Waals surface area contributed by atoms with Crippen LogP contribution in [0.5, 0.6) is 0 Å². The van der Waals surface area contributed by atoms with E-state index in [-0.39, 0.29) is 17.0 Å². The van der Waals surface area contributed by atoms with Crippen LogP contribution in [-0.2, 0) is 6.18 Å². The molecule has 0 fully saturated rings. The van der Waals surface area contributed by atoms with Gasteiger partial charge in [-0.05, 0) is 48.9 Å². The van der Waals surface area contributed by atoms with Gasteiger partial charge in [0.25, 0.3) is 0 Å². The Morgan fingerprint density at radius 1 is 0.400 bits per heavy atom. The lowest BCUT2D eigenvalue weighted by Crippen LogP contribution is -2.11. The number of para-hydroxylation sites is 1. The molecule has 0 unspecified atom stereocenters. The summed E-state index contributed by atoms with van der Waals surface area (Å²) in [6, 6.07) is 58.5. The van der Waals surface area contributed by atoms with Gasteiger partial charge in [-0.25, -0.2) is 19.9 Å². The number of aryl methyl sites for hydroxylation is 1. The van der Waals surface area contributed by atoms with E-state index in [2.05, 4.69) is 22.8 Å². The van der Waals surface area contributed by atoms with Gasteiger partial charge in [0.1, 0.15) is 0 Å². The molecule has 10 aromatic rings. The minimum atomic E-state index is -4.74. The molecule has 0 radical (unpaired) electrons. The highest BCUT2D eigenvalue weighted by molar-refractivity contribution is 6.10. The van der Waals surface area contributed by atoms with Crippen molar-refractivity contribution in [2.75, 3.05) is 0 Å². The molecule has 0 atom stereocenters. The maximum atomic E-state index is 15.5. The van der Waals surface area contributed by atoms with Gasteiger partial charge < -0.3 is 4.57 Å². The number of alkyl halides is 3. The highest BCUT2D eigenvalue weighted by Crippen LogP contribution is 2.45. The lowest BCUT2D eigenvalue weighted by molar-refractivity contribution is -0.137. The van der Waals surface area contributed by atoms with Crippen molar-refractivity contribution in [2.24, 2.45) is 0 Å². The fraction of sp³-hybridized carbons (Fsp3) is 0.0385. The van der Waals surface area contributed by atoms with Crippen LogP contribution in [0.2, 0.25) is 0 Å². The molecule has 0 aliphatic rings. The van der Waals surface area contributed by atoms with E-state index in [9.17, 15) is 0 Å². The van der Waals surface area contributed by atoms with Gasteiger partial charge in [-0.3, -0.25) is 0 Å². The van der Waals surface area contributed by atoms with Crippen LogP contribution in [-0.4, -0.2) is 24.5 Å². The molecule has 0 bridgehead atoms. The third-order valence-electron chi connectivity index (χ3n) is 10.7. The van der Waals surface area contributed by atoms with E-state index < -0.39 is 11.7 Å². The first-order chi connectivity index (χ1) is 29.3. The maximum absolute atomic E-state index is 15.5. The molecule has 7 aromatic carbocycles. The van der Waals surface area contributed by atoms with Crippen LogP contribution < -0.4 is 0 Å². The van der Waals surface area contributed by atoms with Gasteiger partial charge in [-0.2, -0.15) is 13.2 Å². The zero-order chi connectivity index (χ0) is 40.8. The molecule has 0 aliphatic heterocycles. The van der Waals surface area contributed by atoms with E-state index in [1.54, 1.807) is 6.07 Å². The lowest BCUT2D eigenvalue weighted by Gasteiger charge is -2.22. The van der Waals surface area contributed by atoms with Crippen LogP contribution in [0, 0.1) is 6.92 Å². The smallest absolute Gasteiger partial charge is 0.308 e. The Morgan fingerprint density at radius 3 is 1.42 bits per heavy atom. The third kappa shape index (κ3) is 6.78. The van der Waals surface area contributed by atoms with Crippen molar-refractivity contribution in [2.45, 2.75) is 13.1 Å². The second-order valence-corrected chi connectivity index (χ2v) is 14.7. The van der Waals surface area contributed by atoms with Crippen LogP contribution in [0.1, 0.15) is 11.1 Å². The van der Waals surface area contributed by atoms with Gasteiger partial charge in [0.2, 0.25) is 0 Å². The molecule has 0 spiro atoms. The van der Waals surface area contributed by atoms with E-state index in [1.807, 2.05) is 159 Å². The first-order valence-corrected chi connectivity index (χ1v) is 19.5. The molecule has 3 heterocycles. The second-order valence-electron chi connectivity index (χ2n) is 14.7. The summed E-state index contributed by atoms with van der Waals surface area (Å²) in [6.45, 7) is 2.01. The predicted octanol–water partition coefficient (Wildman–Crippen LogP) is 13.7. The molecule has 0 N–H and O–H groups in total. The fourth-order valence-corrected chi connectivity index (χ4v) is 7.87. The molecule has 5 nitrogen and oxygen atoms in total. The monoisotopic (exact) mass is 785 g/mol. The second kappa shape index (κ2) is 14.9. The Balaban J connectivity index is 1.39. The zero-order valence-electron chi connectivity index (χ0n) is 32.3. The molecule has 60 heavy (non-hydrogen) atoms. The lowest BCUT2D eigenvalue weighted by atomic mass is 9.96. The highest BCUT2D eigenvalue weighted by atomic mass is 19.4. The van der Waals surface area contributed by atoms with Crippen molar-refractivity contribution in [3.8, 4) is 73.5 Å². The maximum Gasteiger partial charge on any atom is 0.416 e. The van der Waals surface area contributed by atoms with Crippen LogP contribution in [0.4, 0.5) is 13.2 Å². The van der Waals surface area contributed by atoms with Gasteiger partial charge in [-0.1, -0.05) is 152 Å². The minimum Gasteiger partial charge on any atom is -0.308 e. The Hall–Kier alpha value is -7.71. The van der Waals surface area contributed by atoms with Crippen molar-refractivity contribution >= 4 is 21.8 Å². The molecule has 0 saturated heterocycles. The first kappa shape index (κ1) is 36.6. The van der Waals surface area contributed by atoms with E-state index in [4.69, 9.17) is 19.9 Å². The van der Waals surface area contributed by atoms with Gasteiger partial charge in [-0.15, -0.1) is 0 Å². The van der Waals surface area contributed by atoms with Crippen molar-refractivity contribution in [1.29, 1.82) is 0 Å². The zero-order valence-corrected chi connectivity index (χ0v) is 32.3. The SMILES string of the molecule is Cc1ccc2c3ccccc3n(-c3c(-c4cc(-c5ccccc5)nc(-c5ccccc5)n4)cc(C(F)(F)F)cc3-c3nc(-c4ccccc4)cc(-c4ccccc4)n3)c2c1. The van der Waals surface area contributed by atoms with Gasteiger partial charge in [0.15, 0.2) is 11.6 Å². The van der Waals surface area contributed by atoms with Crippen LogP contribution in [0.15, 0.2) is 188 Å². The summed E-state index contributed by atoms with van der Waals surface area (Å²) in [5.41, 5.74) is 7.81. The van der Waals surface area contributed by atoms with Crippen molar-refractivity contribution in [3.05, 3.63) is 199 Å². The van der Waals surface area contributed by atoms with Gasteiger partial charge in [0, 0.05) is 44.2 Å². The van der Waals surface area contributed by atoms with E-state index in [0.29, 0.717) is 34.3 Å². The molecule has 0 amide bonds. The van der Waals surface area contributed by atoms with Crippen LogP contribution >= 0.6 is 0 Å². The largest absolute Gasteiger partial charge is 0.416 e. The summed E-state index contributed by atoms with van der Waals surface area (Å²) < 4.78 is 48.6. The molecule has 0 aliphatic carbocycles. The number of hydrogen-bond donors (Lipinski definition) is 0. The molecule has 3 aromatic heterocycles. The topological polar surface area (TPSA) is 56.5 Å². The Bertz CT molecular complexity index is 2920. The summed E-state index contributed by atoms with van der Waals surface area (Å²) >= 11 is 0. The standard InChI is InChI=1S/C52H34F3N5/c1-33-26-27-40-39-24-14-15-25-47(39)60(48(40)28-33)49-41(46-32-45(36-20-10-4-11-21-36)56-50(59-46)37-22-12-5-13-23-37)29-38(52(53,54)55)30-42(49)51-57-43(34-16-6-2-7-17-34)31-44(58-51)35-18-8-3-9-19-35/h2-32H,1H3. The summed E-state index contributed by atoms with van der Waals surface area (Å²) in [6.07, 6.45) is -4.74. The van der Waals surface area contributed by atoms with Crippen molar-refractivity contribution in [3.63, 3.8) is 0 Å². The number of benzene rings is 7. The number of aromatic nitrogens is 5. The summed E-state index contributed by atoms with van der Waals surface area (Å²) in [4.78, 5) is 20.3.